The molecule has 1 aromatic heterocycles. The van der Waals surface area contributed by atoms with Crippen LogP contribution in [0.15, 0.2) is 161 Å². The van der Waals surface area contributed by atoms with E-state index >= 15 is 0 Å². The van der Waals surface area contributed by atoms with Crippen LogP contribution in [0.1, 0.15) is 0 Å². The van der Waals surface area contributed by atoms with Crippen LogP contribution in [0.3, 0.4) is 0 Å². The molecular weight excluding hydrogens is 556 g/mol. The molecule has 39 heavy (non-hydrogen) atoms. The predicted molar refractivity (Wildman–Crippen MR) is 170 cm³/mol. The minimum atomic E-state index is -2.58. The SMILES string of the molecule is Brc1ccc2oc3ccc(-c4cccc([Si](c5ccccc5)(c5ccccc5)c5ccccc5)c4)cc3c2c1. The second kappa shape index (κ2) is 9.85. The van der Waals surface area contributed by atoms with Gasteiger partial charge in [-0.05, 0) is 62.2 Å². The highest BCUT2D eigenvalue weighted by Gasteiger charge is 2.41. The summed E-state index contributed by atoms with van der Waals surface area (Å²) < 4.78 is 7.19. The van der Waals surface area contributed by atoms with E-state index in [1.165, 1.54) is 31.9 Å². The lowest BCUT2D eigenvalue weighted by Crippen LogP contribution is -2.74. The van der Waals surface area contributed by atoms with Gasteiger partial charge in [-0.25, -0.2) is 0 Å². The predicted octanol–water partition coefficient (Wildman–Crippen LogP) is 7.39. The third kappa shape index (κ3) is 4.06. The summed E-state index contributed by atoms with van der Waals surface area (Å²) in [5.74, 6) is 0. The molecule has 0 saturated heterocycles. The minimum absolute atomic E-state index is 0.905. The van der Waals surface area contributed by atoms with Crippen LogP contribution in [0.5, 0.6) is 0 Å². The van der Waals surface area contributed by atoms with E-state index in [2.05, 4.69) is 155 Å². The highest BCUT2D eigenvalue weighted by molar-refractivity contribution is 9.10. The summed E-state index contributed by atoms with van der Waals surface area (Å²) in [4.78, 5) is 0. The molecule has 0 unspecified atom stereocenters. The van der Waals surface area contributed by atoms with Gasteiger partial charge in [0.05, 0.1) is 0 Å². The smallest absolute Gasteiger partial charge is 0.179 e. The maximum absolute atomic E-state index is 6.14. The second-order valence-corrected chi connectivity index (χ2v) is 14.6. The molecule has 0 fully saturated rings. The van der Waals surface area contributed by atoms with Crippen LogP contribution in [0.2, 0.25) is 0 Å². The summed E-state index contributed by atoms with van der Waals surface area (Å²) in [6, 6.07) is 55.1. The Kier molecular flexibility index (Phi) is 6.03. The van der Waals surface area contributed by atoms with E-state index in [1.54, 1.807) is 0 Å². The Morgan fingerprint density at radius 2 is 0.897 bits per heavy atom. The van der Waals surface area contributed by atoms with Crippen molar-refractivity contribution in [2.45, 2.75) is 0 Å². The number of halogens is 1. The Hall–Kier alpha value is -4.18. The number of fused-ring (bicyclic) bond motifs is 3. The molecule has 0 aliphatic carbocycles. The monoisotopic (exact) mass is 580 g/mol. The number of hydrogen-bond donors (Lipinski definition) is 0. The van der Waals surface area contributed by atoms with Crippen LogP contribution in [-0.4, -0.2) is 8.07 Å². The topological polar surface area (TPSA) is 13.1 Å². The lowest BCUT2D eigenvalue weighted by molar-refractivity contribution is 0.669. The molecule has 7 rings (SSSR count). The maximum Gasteiger partial charge on any atom is 0.179 e. The zero-order chi connectivity index (χ0) is 26.2. The summed E-state index contributed by atoms with van der Waals surface area (Å²) in [5.41, 5.74) is 4.20. The van der Waals surface area contributed by atoms with Crippen molar-refractivity contribution < 1.29 is 4.42 Å². The van der Waals surface area contributed by atoms with Gasteiger partial charge in [-0.2, -0.15) is 0 Å². The molecule has 3 heteroatoms. The summed E-state index contributed by atoms with van der Waals surface area (Å²) >= 11 is 3.63. The Morgan fingerprint density at radius 1 is 0.410 bits per heavy atom. The van der Waals surface area contributed by atoms with Crippen LogP contribution in [0.25, 0.3) is 33.1 Å². The average Bonchev–Trinajstić information content (AvgIpc) is 3.36. The minimum Gasteiger partial charge on any atom is -0.456 e. The molecule has 6 aromatic carbocycles. The van der Waals surface area contributed by atoms with Crippen molar-refractivity contribution in [2.75, 3.05) is 0 Å². The molecule has 0 N–H and O–H groups in total. The lowest BCUT2D eigenvalue weighted by atomic mass is 10.0. The number of benzene rings is 6. The van der Waals surface area contributed by atoms with E-state index in [0.29, 0.717) is 0 Å². The van der Waals surface area contributed by atoms with E-state index in [-0.39, 0.29) is 0 Å². The van der Waals surface area contributed by atoms with Gasteiger partial charge in [0.15, 0.2) is 8.07 Å². The summed E-state index contributed by atoms with van der Waals surface area (Å²) in [6.07, 6.45) is 0. The largest absolute Gasteiger partial charge is 0.456 e. The van der Waals surface area contributed by atoms with Crippen LogP contribution in [-0.2, 0) is 0 Å². The van der Waals surface area contributed by atoms with Gasteiger partial charge in [-0.3, -0.25) is 0 Å². The van der Waals surface area contributed by atoms with Gasteiger partial charge in [0.25, 0.3) is 0 Å². The Balaban J connectivity index is 1.49. The summed E-state index contributed by atoms with van der Waals surface area (Å²) in [7, 11) is -2.58. The number of rotatable bonds is 5. The van der Waals surface area contributed by atoms with Gasteiger partial charge in [0, 0.05) is 15.2 Å². The van der Waals surface area contributed by atoms with Gasteiger partial charge in [-0.15, -0.1) is 0 Å². The van der Waals surface area contributed by atoms with E-state index in [4.69, 9.17) is 4.42 Å². The quantitative estimate of drug-likeness (QED) is 0.153. The van der Waals surface area contributed by atoms with Gasteiger partial charge in [0.2, 0.25) is 0 Å². The standard InChI is InChI=1S/C36H25BrOSi/c37-28-20-22-36-34(25-28)33-24-27(19-21-35(33)38-36)26-11-10-18-32(23-26)39(29-12-4-1-5-13-29,30-14-6-2-7-15-30)31-16-8-3-9-17-31/h1-25H. The van der Waals surface area contributed by atoms with Gasteiger partial charge in [-0.1, -0.05) is 137 Å². The Morgan fingerprint density at radius 3 is 1.49 bits per heavy atom. The van der Waals surface area contributed by atoms with Crippen molar-refractivity contribution >= 4 is 66.7 Å². The molecular formula is C36H25BrOSi. The highest BCUT2D eigenvalue weighted by Crippen LogP contribution is 2.33. The fourth-order valence-electron chi connectivity index (χ4n) is 5.93. The van der Waals surface area contributed by atoms with Crippen LogP contribution in [0.4, 0.5) is 0 Å². The molecule has 186 valence electrons. The zero-order valence-electron chi connectivity index (χ0n) is 21.2. The second-order valence-electron chi connectivity index (χ2n) is 9.88. The molecule has 0 radical (unpaired) electrons. The third-order valence-corrected chi connectivity index (χ3v) is 12.9. The van der Waals surface area contributed by atoms with Crippen LogP contribution < -0.4 is 20.7 Å². The van der Waals surface area contributed by atoms with Gasteiger partial charge in [0.1, 0.15) is 11.2 Å². The first kappa shape index (κ1) is 23.9. The van der Waals surface area contributed by atoms with E-state index in [9.17, 15) is 0 Å². The third-order valence-electron chi connectivity index (χ3n) is 7.68. The summed E-state index contributed by atoms with van der Waals surface area (Å²) in [6.45, 7) is 0. The molecule has 0 spiro atoms. The van der Waals surface area contributed by atoms with Crippen molar-refractivity contribution in [3.05, 3.63) is 156 Å². The first-order valence-electron chi connectivity index (χ1n) is 13.1. The van der Waals surface area contributed by atoms with Gasteiger partial charge >= 0.3 is 0 Å². The molecule has 0 saturated carbocycles. The van der Waals surface area contributed by atoms with E-state index < -0.39 is 8.07 Å². The van der Waals surface area contributed by atoms with Crippen molar-refractivity contribution in [2.24, 2.45) is 0 Å². The maximum atomic E-state index is 6.14. The highest BCUT2D eigenvalue weighted by atomic mass is 79.9. The van der Waals surface area contributed by atoms with Crippen LogP contribution >= 0.6 is 15.9 Å². The zero-order valence-corrected chi connectivity index (χ0v) is 23.8. The number of hydrogen-bond acceptors (Lipinski definition) is 1. The lowest BCUT2D eigenvalue weighted by Gasteiger charge is -2.34. The van der Waals surface area contributed by atoms with E-state index in [0.717, 1.165) is 26.4 Å². The summed E-state index contributed by atoms with van der Waals surface area (Å²) in [5, 5.41) is 7.75. The Labute approximate surface area is 237 Å². The van der Waals surface area contributed by atoms with Crippen molar-refractivity contribution in [3.8, 4) is 11.1 Å². The van der Waals surface area contributed by atoms with Crippen molar-refractivity contribution in [1.29, 1.82) is 0 Å². The average molecular weight is 582 g/mol. The molecule has 0 atom stereocenters. The molecule has 7 aromatic rings. The normalized spacial score (nSPS) is 11.7. The molecule has 1 nitrogen and oxygen atoms in total. The molecule has 0 aliphatic heterocycles. The molecule has 0 bridgehead atoms. The van der Waals surface area contributed by atoms with Crippen molar-refractivity contribution in [3.63, 3.8) is 0 Å². The fraction of sp³-hybridized carbons (Fsp3) is 0. The first-order chi connectivity index (χ1) is 19.2. The first-order valence-corrected chi connectivity index (χ1v) is 15.9. The van der Waals surface area contributed by atoms with Crippen LogP contribution in [0, 0.1) is 0 Å². The van der Waals surface area contributed by atoms with E-state index in [1.807, 2.05) is 12.1 Å². The Bertz CT molecular complexity index is 1810. The molecule has 0 aliphatic rings. The molecule has 0 amide bonds. The number of furan rings is 1. The van der Waals surface area contributed by atoms with Crippen molar-refractivity contribution in [1.82, 2.24) is 0 Å². The molecule has 1 heterocycles. The fourth-order valence-corrected chi connectivity index (χ4v) is 11.1. The van der Waals surface area contributed by atoms with Gasteiger partial charge < -0.3 is 4.42 Å².